The molecular weight excluding hydrogens is 500 g/mol. The van der Waals surface area contributed by atoms with Gasteiger partial charge in [-0.15, -0.1) is 0 Å². The smallest absolute Gasteiger partial charge is 0.158 e. The van der Waals surface area contributed by atoms with E-state index in [0.29, 0.717) is 0 Å². The van der Waals surface area contributed by atoms with Crippen LogP contribution in [0.3, 0.4) is 0 Å². The lowest BCUT2D eigenvalue weighted by molar-refractivity contribution is -0.227. The molecule has 4 unspecified atom stereocenters. The molecular formula is C35H52O5. The zero-order chi connectivity index (χ0) is 28.1. The minimum absolute atomic E-state index is 0.125. The third-order valence-electron chi connectivity index (χ3n) is 8.71. The molecule has 2 aliphatic heterocycles. The van der Waals surface area contributed by atoms with Gasteiger partial charge in [0.2, 0.25) is 0 Å². The van der Waals surface area contributed by atoms with Crippen LogP contribution < -0.4 is 0 Å². The quantitative estimate of drug-likeness (QED) is 0.212. The van der Waals surface area contributed by atoms with Crippen LogP contribution in [0.2, 0.25) is 0 Å². The van der Waals surface area contributed by atoms with Gasteiger partial charge in [-0.2, -0.15) is 0 Å². The first-order valence-corrected chi connectivity index (χ1v) is 15.8. The first-order valence-electron chi connectivity index (χ1n) is 15.8. The predicted molar refractivity (Wildman–Crippen MR) is 160 cm³/mol. The summed E-state index contributed by atoms with van der Waals surface area (Å²) in [5.74, 6) is 0. The Morgan fingerprint density at radius 1 is 0.675 bits per heavy atom. The van der Waals surface area contributed by atoms with E-state index in [1.807, 2.05) is 0 Å². The van der Waals surface area contributed by atoms with E-state index >= 15 is 0 Å². The normalized spacial score (nSPS) is 23.7. The second kappa shape index (κ2) is 16.0. The minimum Gasteiger partial charge on any atom is -0.393 e. The number of hydrogen-bond acceptors (Lipinski definition) is 5. The summed E-state index contributed by atoms with van der Waals surface area (Å²) in [6, 6.07) is 21.1. The number of benzene rings is 2. The molecule has 4 rings (SSSR count). The van der Waals surface area contributed by atoms with E-state index in [4.69, 9.17) is 18.9 Å². The predicted octanol–water partition coefficient (Wildman–Crippen LogP) is 8.39. The molecule has 2 aliphatic rings. The number of aliphatic hydroxyl groups is 1. The lowest BCUT2D eigenvalue weighted by Crippen LogP contribution is -2.34. The van der Waals surface area contributed by atoms with Crippen LogP contribution >= 0.6 is 0 Å². The SMILES string of the molecule is CC(CCCCC(O)CCCCC(C)(OC1CCCCO1)c1ccccc1)(OC1CCCCO1)c1ccccc1. The summed E-state index contributed by atoms with van der Waals surface area (Å²) in [6.45, 7) is 5.96. The second-order valence-corrected chi connectivity index (χ2v) is 12.2. The van der Waals surface area contributed by atoms with Crippen molar-refractivity contribution in [3.05, 3.63) is 71.8 Å². The van der Waals surface area contributed by atoms with Gasteiger partial charge in [0.1, 0.15) is 0 Å². The highest BCUT2D eigenvalue weighted by Gasteiger charge is 2.33. The maximum absolute atomic E-state index is 10.8. The van der Waals surface area contributed by atoms with E-state index in [-0.39, 0.29) is 29.9 Å². The summed E-state index contributed by atoms with van der Waals surface area (Å²) in [5, 5.41) is 10.8. The molecule has 2 heterocycles. The molecule has 1 N–H and O–H groups in total. The van der Waals surface area contributed by atoms with E-state index in [9.17, 15) is 5.11 Å². The molecule has 2 fully saturated rings. The molecule has 0 aliphatic carbocycles. The van der Waals surface area contributed by atoms with Crippen LogP contribution in [0.1, 0.15) is 115 Å². The van der Waals surface area contributed by atoms with Gasteiger partial charge in [-0.25, -0.2) is 0 Å². The van der Waals surface area contributed by atoms with Gasteiger partial charge in [-0.1, -0.05) is 86.3 Å². The fraction of sp³-hybridized carbons (Fsp3) is 0.657. The zero-order valence-corrected chi connectivity index (χ0v) is 24.9. The van der Waals surface area contributed by atoms with Gasteiger partial charge in [0, 0.05) is 13.2 Å². The molecule has 0 saturated carbocycles. The summed E-state index contributed by atoms with van der Waals surface area (Å²) in [6.07, 6.45) is 13.4. The Labute approximate surface area is 242 Å². The van der Waals surface area contributed by atoms with Crippen molar-refractivity contribution in [3.63, 3.8) is 0 Å². The summed E-state index contributed by atoms with van der Waals surface area (Å²) in [5.41, 5.74) is 1.65. The number of unbranched alkanes of at least 4 members (excludes halogenated alkanes) is 2. The lowest BCUT2D eigenvalue weighted by Gasteiger charge is -2.36. The van der Waals surface area contributed by atoms with Crippen LogP contribution in [0, 0.1) is 0 Å². The first-order chi connectivity index (χ1) is 19.5. The van der Waals surface area contributed by atoms with Crippen molar-refractivity contribution in [3.8, 4) is 0 Å². The van der Waals surface area contributed by atoms with Crippen molar-refractivity contribution in [2.75, 3.05) is 13.2 Å². The van der Waals surface area contributed by atoms with Gasteiger partial charge in [0.05, 0.1) is 17.3 Å². The molecule has 222 valence electrons. The molecule has 40 heavy (non-hydrogen) atoms. The molecule has 2 aromatic carbocycles. The van der Waals surface area contributed by atoms with Crippen LogP contribution in [0.15, 0.2) is 60.7 Å². The van der Waals surface area contributed by atoms with Gasteiger partial charge in [-0.3, -0.25) is 0 Å². The monoisotopic (exact) mass is 552 g/mol. The average molecular weight is 553 g/mol. The second-order valence-electron chi connectivity index (χ2n) is 12.2. The van der Waals surface area contributed by atoms with Crippen LogP contribution in [-0.4, -0.2) is 37.0 Å². The number of rotatable bonds is 16. The van der Waals surface area contributed by atoms with Gasteiger partial charge < -0.3 is 24.1 Å². The molecule has 0 amide bonds. The van der Waals surface area contributed by atoms with E-state index in [2.05, 4.69) is 74.5 Å². The number of ether oxygens (including phenoxy) is 4. The van der Waals surface area contributed by atoms with Crippen molar-refractivity contribution in [2.24, 2.45) is 0 Å². The van der Waals surface area contributed by atoms with Crippen LogP contribution in [0.5, 0.6) is 0 Å². The van der Waals surface area contributed by atoms with Crippen LogP contribution in [0.4, 0.5) is 0 Å². The van der Waals surface area contributed by atoms with E-state index in [1.54, 1.807) is 0 Å². The lowest BCUT2D eigenvalue weighted by atomic mass is 9.88. The van der Waals surface area contributed by atoms with Gasteiger partial charge in [-0.05, 0) is 89.2 Å². The summed E-state index contributed by atoms with van der Waals surface area (Å²) < 4.78 is 25.0. The van der Waals surface area contributed by atoms with E-state index in [0.717, 1.165) is 103 Å². The number of hydrogen-bond donors (Lipinski definition) is 1. The summed E-state index contributed by atoms with van der Waals surface area (Å²) in [4.78, 5) is 0. The van der Waals surface area contributed by atoms with E-state index in [1.165, 1.54) is 11.1 Å². The van der Waals surface area contributed by atoms with Crippen LogP contribution in [0.25, 0.3) is 0 Å². The van der Waals surface area contributed by atoms with Gasteiger partial charge >= 0.3 is 0 Å². The molecule has 5 nitrogen and oxygen atoms in total. The molecule has 0 spiro atoms. The van der Waals surface area contributed by atoms with Crippen molar-refractivity contribution >= 4 is 0 Å². The van der Waals surface area contributed by atoms with E-state index < -0.39 is 0 Å². The molecule has 0 radical (unpaired) electrons. The minimum atomic E-state index is -0.377. The molecule has 0 bridgehead atoms. The molecule has 5 heteroatoms. The van der Waals surface area contributed by atoms with Crippen molar-refractivity contribution < 1.29 is 24.1 Å². The Bertz CT molecular complexity index is 863. The maximum atomic E-state index is 10.8. The fourth-order valence-electron chi connectivity index (χ4n) is 6.14. The maximum Gasteiger partial charge on any atom is 0.158 e. The third-order valence-corrected chi connectivity index (χ3v) is 8.71. The summed E-state index contributed by atoms with van der Waals surface area (Å²) >= 11 is 0. The highest BCUT2D eigenvalue weighted by Crippen LogP contribution is 2.36. The molecule has 4 atom stereocenters. The zero-order valence-electron chi connectivity index (χ0n) is 24.9. The summed E-state index contributed by atoms with van der Waals surface area (Å²) in [7, 11) is 0. The Morgan fingerprint density at radius 3 is 1.48 bits per heavy atom. The molecule has 0 aromatic heterocycles. The molecule has 2 saturated heterocycles. The topological polar surface area (TPSA) is 57.2 Å². The standard InChI is InChI=1S/C35H52O5/c1-34(29-17-5-3-6-18-29,39-32-23-11-15-27-37-32)25-13-9-21-31(36)22-10-14-26-35(2,30-19-7-4-8-20-30)40-33-24-12-16-28-38-33/h3-8,17-20,31-33,36H,9-16,21-28H2,1-2H3. The Hall–Kier alpha value is -1.76. The Balaban J connectivity index is 1.20. The third kappa shape index (κ3) is 9.66. The van der Waals surface area contributed by atoms with Gasteiger partial charge in [0.25, 0.3) is 0 Å². The van der Waals surface area contributed by atoms with Gasteiger partial charge in [0.15, 0.2) is 12.6 Å². The highest BCUT2D eigenvalue weighted by molar-refractivity contribution is 5.22. The Kier molecular flexibility index (Phi) is 12.5. The number of aliphatic hydroxyl groups excluding tert-OH is 1. The van der Waals surface area contributed by atoms with Crippen molar-refractivity contribution in [2.45, 2.75) is 134 Å². The van der Waals surface area contributed by atoms with Crippen molar-refractivity contribution in [1.82, 2.24) is 0 Å². The first kappa shape index (κ1) is 31.2. The average Bonchev–Trinajstić information content (AvgIpc) is 2.99. The Morgan fingerprint density at radius 2 is 1.10 bits per heavy atom. The fourth-order valence-corrected chi connectivity index (χ4v) is 6.14. The highest BCUT2D eigenvalue weighted by atomic mass is 16.7. The largest absolute Gasteiger partial charge is 0.393 e. The molecule has 2 aromatic rings. The van der Waals surface area contributed by atoms with Crippen LogP contribution in [-0.2, 0) is 30.1 Å². The van der Waals surface area contributed by atoms with Crippen molar-refractivity contribution in [1.29, 1.82) is 0 Å².